The van der Waals surface area contributed by atoms with Crippen LogP contribution in [-0.4, -0.2) is 35.7 Å². The lowest BCUT2D eigenvalue weighted by atomic mass is 9.98. The van der Waals surface area contributed by atoms with Gasteiger partial charge in [-0.25, -0.2) is 9.18 Å². The van der Waals surface area contributed by atoms with E-state index in [2.05, 4.69) is 10.6 Å². The zero-order valence-electron chi connectivity index (χ0n) is 19.1. The second-order valence-electron chi connectivity index (χ2n) is 8.45. The number of benzene rings is 3. The van der Waals surface area contributed by atoms with Gasteiger partial charge in [0.05, 0.1) is 5.69 Å². The van der Waals surface area contributed by atoms with Gasteiger partial charge in [0.2, 0.25) is 0 Å². The number of hydrogen-bond acceptors (Lipinski definition) is 4. The van der Waals surface area contributed by atoms with E-state index in [1.54, 1.807) is 6.92 Å². The van der Waals surface area contributed by atoms with Gasteiger partial charge < -0.3 is 15.2 Å². The second kappa shape index (κ2) is 10.4. The summed E-state index contributed by atoms with van der Waals surface area (Å²) in [6.07, 6.45) is -0.630. The third kappa shape index (κ3) is 5.48. The van der Waals surface area contributed by atoms with Crippen LogP contribution in [-0.2, 0) is 9.53 Å². The number of carboxylic acid groups (broad SMARTS) is 1. The molecule has 3 N–H and O–H groups in total. The highest BCUT2D eigenvalue weighted by molar-refractivity contribution is 5.95. The molecule has 2 amide bonds. The van der Waals surface area contributed by atoms with E-state index in [9.17, 15) is 18.8 Å². The van der Waals surface area contributed by atoms with Crippen LogP contribution >= 0.6 is 0 Å². The van der Waals surface area contributed by atoms with Crippen LogP contribution in [0.15, 0.2) is 66.7 Å². The Morgan fingerprint density at radius 3 is 2.23 bits per heavy atom. The van der Waals surface area contributed by atoms with E-state index < -0.39 is 23.8 Å². The smallest absolute Gasteiger partial charge is 0.411 e. The first kappa shape index (κ1) is 23.9. The molecular weight excluding hydrogens is 451 g/mol. The largest absolute Gasteiger partial charge is 0.481 e. The average molecular weight is 477 g/mol. The van der Waals surface area contributed by atoms with Crippen molar-refractivity contribution in [2.45, 2.75) is 31.7 Å². The molecule has 0 aromatic heterocycles. The Hall–Kier alpha value is -4.20. The van der Waals surface area contributed by atoms with Crippen molar-refractivity contribution < 1.29 is 28.6 Å². The summed E-state index contributed by atoms with van der Waals surface area (Å²) in [5, 5.41) is 13.7. The molecule has 0 saturated heterocycles. The molecule has 0 fully saturated rings. The van der Waals surface area contributed by atoms with Crippen LogP contribution in [0.4, 0.5) is 14.9 Å². The topological polar surface area (TPSA) is 105 Å². The maximum Gasteiger partial charge on any atom is 0.411 e. The molecule has 0 spiro atoms. The number of fused-ring (bicyclic) bond motifs is 3. The molecule has 180 valence electrons. The van der Waals surface area contributed by atoms with E-state index in [0.29, 0.717) is 0 Å². The van der Waals surface area contributed by atoms with E-state index in [1.165, 1.54) is 12.1 Å². The van der Waals surface area contributed by atoms with Gasteiger partial charge in [-0.2, -0.15) is 0 Å². The predicted molar refractivity (Wildman–Crippen MR) is 129 cm³/mol. The van der Waals surface area contributed by atoms with E-state index in [-0.39, 0.29) is 42.7 Å². The van der Waals surface area contributed by atoms with Gasteiger partial charge in [0.1, 0.15) is 12.4 Å². The van der Waals surface area contributed by atoms with Crippen molar-refractivity contribution >= 4 is 23.7 Å². The van der Waals surface area contributed by atoms with Crippen molar-refractivity contribution in [2.24, 2.45) is 0 Å². The third-order valence-electron chi connectivity index (χ3n) is 5.98. The quantitative estimate of drug-likeness (QED) is 0.416. The molecule has 0 saturated carbocycles. The number of aliphatic carboxylic acids is 1. The number of anilines is 1. The summed E-state index contributed by atoms with van der Waals surface area (Å²) in [6, 6.07) is 19.2. The predicted octanol–water partition coefficient (Wildman–Crippen LogP) is 5.17. The van der Waals surface area contributed by atoms with E-state index >= 15 is 0 Å². The minimum absolute atomic E-state index is 0.0581. The fourth-order valence-corrected chi connectivity index (χ4v) is 4.22. The lowest BCUT2D eigenvalue weighted by Crippen LogP contribution is -2.33. The number of carboxylic acids is 1. The Morgan fingerprint density at radius 1 is 1.00 bits per heavy atom. The molecule has 0 aliphatic heterocycles. The summed E-state index contributed by atoms with van der Waals surface area (Å²) in [7, 11) is 0. The molecule has 8 heteroatoms. The Morgan fingerprint density at radius 2 is 1.63 bits per heavy atom. The van der Waals surface area contributed by atoms with Crippen molar-refractivity contribution in [3.05, 3.63) is 89.2 Å². The maximum absolute atomic E-state index is 14.6. The van der Waals surface area contributed by atoms with Gasteiger partial charge >= 0.3 is 12.1 Å². The van der Waals surface area contributed by atoms with Crippen LogP contribution in [0.3, 0.4) is 0 Å². The zero-order chi connectivity index (χ0) is 24.9. The molecule has 3 aromatic rings. The van der Waals surface area contributed by atoms with Crippen molar-refractivity contribution in [1.29, 1.82) is 0 Å². The molecular formula is C27H25FN2O5. The van der Waals surface area contributed by atoms with Crippen LogP contribution in [0.5, 0.6) is 0 Å². The summed E-state index contributed by atoms with van der Waals surface area (Å²) in [5.41, 5.74) is 4.30. The molecule has 1 aliphatic carbocycles. The summed E-state index contributed by atoms with van der Waals surface area (Å²) in [4.78, 5) is 35.4. The van der Waals surface area contributed by atoms with Crippen molar-refractivity contribution in [2.75, 3.05) is 11.9 Å². The lowest BCUT2D eigenvalue weighted by Gasteiger charge is -2.15. The van der Waals surface area contributed by atoms with Crippen molar-refractivity contribution in [3.63, 3.8) is 0 Å². The SMILES string of the molecule is CC(CCC(=O)O)NC(=O)c1ccc(NC(=O)OCC2c3ccccc3-c3ccccc32)c(F)c1. The number of nitrogens with one attached hydrogen (secondary N) is 2. The number of carbonyl (C=O) groups excluding carboxylic acids is 2. The molecule has 3 aromatic carbocycles. The van der Waals surface area contributed by atoms with E-state index in [0.717, 1.165) is 28.3 Å². The molecule has 4 rings (SSSR count). The number of amides is 2. The first-order valence-electron chi connectivity index (χ1n) is 11.3. The highest BCUT2D eigenvalue weighted by atomic mass is 19.1. The minimum atomic E-state index is -0.958. The first-order valence-corrected chi connectivity index (χ1v) is 11.3. The molecule has 0 heterocycles. The zero-order valence-corrected chi connectivity index (χ0v) is 19.1. The molecule has 1 atom stereocenters. The number of rotatable bonds is 8. The number of ether oxygens (including phenoxy) is 1. The summed E-state index contributed by atoms with van der Waals surface area (Å²) in [5.74, 6) is -2.40. The van der Waals surface area contributed by atoms with Crippen LogP contribution in [0, 0.1) is 5.82 Å². The van der Waals surface area contributed by atoms with Gasteiger partial charge in [0.15, 0.2) is 0 Å². The summed E-state index contributed by atoms with van der Waals surface area (Å²) >= 11 is 0. The standard InChI is InChI=1S/C27H25FN2O5/c1-16(10-13-25(31)32)29-26(33)17-11-12-24(23(28)14-17)30-27(34)35-15-22-20-8-4-2-6-18(20)19-7-3-5-9-21(19)22/h2-9,11-12,14,16,22H,10,13,15H2,1H3,(H,29,33)(H,30,34)(H,31,32). The van der Waals surface area contributed by atoms with Gasteiger partial charge in [-0.3, -0.25) is 14.9 Å². The summed E-state index contributed by atoms with van der Waals surface area (Å²) < 4.78 is 20.0. The van der Waals surface area contributed by atoms with Crippen molar-refractivity contribution in [1.82, 2.24) is 5.32 Å². The van der Waals surface area contributed by atoms with Crippen LogP contribution in [0.1, 0.15) is 47.2 Å². The molecule has 1 unspecified atom stereocenters. The van der Waals surface area contributed by atoms with E-state index in [4.69, 9.17) is 9.84 Å². The second-order valence-corrected chi connectivity index (χ2v) is 8.45. The van der Waals surface area contributed by atoms with Crippen LogP contribution < -0.4 is 10.6 Å². The maximum atomic E-state index is 14.6. The molecule has 0 radical (unpaired) electrons. The van der Waals surface area contributed by atoms with Crippen LogP contribution in [0.2, 0.25) is 0 Å². The Balaban J connectivity index is 1.36. The first-order chi connectivity index (χ1) is 16.8. The number of halogens is 1. The van der Waals surface area contributed by atoms with E-state index in [1.807, 2.05) is 48.5 Å². The molecule has 7 nitrogen and oxygen atoms in total. The Kier molecular flexibility index (Phi) is 7.10. The average Bonchev–Trinajstić information content (AvgIpc) is 3.16. The Bertz CT molecular complexity index is 1230. The highest BCUT2D eigenvalue weighted by Gasteiger charge is 2.29. The molecule has 1 aliphatic rings. The van der Waals surface area contributed by atoms with Gasteiger partial charge in [-0.05, 0) is 53.8 Å². The minimum Gasteiger partial charge on any atom is -0.481 e. The summed E-state index contributed by atoms with van der Waals surface area (Å²) in [6.45, 7) is 1.76. The highest BCUT2D eigenvalue weighted by Crippen LogP contribution is 2.44. The third-order valence-corrected chi connectivity index (χ3v) is 5.98. The normalized spacial score (nSPS) is 12.9. The van der Waals surface area contributed by atoms with Gasteiger partial charge in [0.25, 0.3) is 5.91 Å². The van der Waals surface area contributed by atoms with Gasteiger partial charge in [0, 0.05) is 23.9 Å². The fourth-order valence-electron chi connectivity index (χ4n) is 4.22. The number of hydrogen-bond donors (Lipinski definition) is 3. The van der Waals surface area contributed by atoms with Crippen molar-refractivity contribution in [3.8, 4) is 11.1 Å². The van der Waals surface area contributed by atoms with Crippen LogP contribution in [0.25, 0.3) is 11.1 Å². The van der Waals surface area contributed by atoms with Gasteiger partial charge in [-0.1, -0.05) is 48.5 Å². The lowest BCUT2D eigenvalue weighted by molar-refractivity contribution is -0.137. The molecule has 35 heavy (non-hydrogen) atoms. The molecule has 0 bridgehead atoms. The van der Waals surface area contributed by atoms with Gasteiger partial charge in [-0.15, -0.1) is 0 Å². The fraction of sp³-hybridized carbons (Fsp3) is 0.222. The monoisotopic (exact) mass is 476 g/mol. The number of carbonyl (C=O) groups is 3. The Labute approximate surface area is 201 Å².